The van der Waals surface area contributed by atoms with E-state index >= 15 is 0 Å². The summed E-state index contributed by atoms with van der Waals surface area (Å²) in [5.74, 6) is -0.324. The van der Waals surface area contributed by atoms with Crippen LogP contribution in [-0.4, -0.2) is 14.5 Å². The molecule has 0 spiro atoms. The van der Waals surface area contributed by atoms with E-state index in [9.17, 15) is 9.50 Å². The van der Waals surface area contributed by atoms with Crippen molar-refractivity contribution in [2.45, 2.75) is 19.6 Å². The minimum absolute atomic E-state index is 0.158. The molecular weight excluding hydrogens is 279 g/mol. The predicted molar refractivity (Wildman–Crippen MR) is 74.4 cm³/mol. The van der Waals surface area contributed by atoms with Gasteiger partial charge >= 0.3 is 0 Å². The highest BCUT2D eigenvalue weighted by atomic mass is 32.1. The molecule has 2 aromatic heterocycles. The Bertz CT molecular complexity index is 707. The molecule has 1 N–H and O–H groups in total. The van der Waals surface area contributed by atoms with Gasteiger partial charge in [0.25, 0.3) is 0 Å². The van der Waals surface area contributed by atoms with Gasteiger partial charge in [0.05, 0.1) is 11.8 Å². The van der Waals surface area contributed by atoms with Crippen LogP contribution >= 0.6 is 11.3 Å². The predicted octanol–water partition coefficient (Wildman–Crippen LogP) is 3.17. The molecule has 20 heavy (non-hydrogen) atoms. The van der Waals surface area contributed by atoms with Crippen molar-refractivity contribution in [3.05, 3.63) is 53.0 Å². The van der Waals surface area contributed by atoms with Gasteiger partial charge in [0.15, 0.2) is 16.5 Å². The lowest BCUT2D eigenvalue weighted by Gasteiger charge is -2.09. The highest BCUT2D eigenvalue weighted by Gasteiger charge is 2.09. The Labute approximate surface area is 119 Å². The van der Waals surface area contributed by atoms with Gasteiger partial charge < -0.3 is 9.84 Å². The quantitative estimate of drug-likeness (QED) is 0.803. The molecule has 3 aromatic rings. The van der Waals surface area contributed by atoms with Crippen molar-refractivity contribution in [1.29, 1.82) is 0 Å². The molecule has 0 fully saturated rings. The number of nitrogens with zero attached hydrogens (tertiary/aromatic N) is 2. The van der Waals surface area contributed by atoms with Gasteiger partial charge in [-0.05, 0) is 24.6 Å². The van der Waals surface area contributed by atoms with Gasteiger partial charge in [-0.25, -0.2) is 9.37 Å². The number of hydrogen-bond acceptors (Lipinski definition) is 4. The average Bonchev–Trinajstić information content (AvgIpc) is 2.97. The highest BCUT2D eigenvalue weighted by Crippen LogP contribution is 2.23. The Morgan fingerprint density at radius 3 is 3.05 bits per heavy atom. The Morgan fingerprint density at radius 2 is 2.35 bits per heavy atom. The zero-order chi connectivity index (χ0) is 14.1. The van der Waals surface area contributed by atoms with Crippen LogP contribution in [0.25, 0.3) is 4.96 Å². The van der Waals surface area contributed by atoms with Crippen LogP contribution in [0.15, 0.2) is 36.0 Å². The van der Waals surface area contributed by atoms with Gasteiger partial charge in [-0.15, -0.1) is 11.3 Å². The maximum atomic E-state index is 13.8. The van der Waals surface area contributed by atoms with Crippen LogP contribution in [-0.2, 0) is 6.61 Å². The zero-order valence-electron chi connectivity index (χ0n) is 10.8. The molecule has 0 radical (unpaired) electrons. The number of fused-ring (bicyclic) bond motifs is 1. The minimum atomic E-state index is -0.696. The number of thiazole rings is 1. The molecule has 104 valence electrons. The molecule has 2 heterocycles. The number of imidazole rings is 1. The number of aliphatic hydroxyl groups excluding tert-OH is 1. The normalized spacial score (nSPS) is 12.8. The molecule has 0 amide bonds. The largest absolute Gasteiger partial charge is 0.484 e. The van der Waals surface area contributed by atoms with Crippen LogP contribution in [0.4, 0.5) is 4.39 Å². The smallest absolute Gasteiger partial charge is 0.193 e. The van der Waals surface area contributed by atoms with E-state index in [1.165, 1.54) is 23.5 Å². The molecular formula is C14H13FN2O2S. The van der Waals surface area contributed by atoms with Crippen LogP contribution in [0, 0.1) is 5.82 Å². The van der Waals surface area contributed by atoms with E-state index in [0.29, 0.717) is 5.56 Å². The lowest BCUT2D eigenvalue weighted by Crippen LogP contribution is -1.99. The molecule has 6 heteroatoms. The van der Waals surface area contributed by atoms with E-state index in [0.717, 1.165) is 10.7 Å². The average molecular weight is 292 g/mol. The maximum absolute atomic E-state index is 13.8. The minimum Gasteiger partial charge on any atom is -0.484 e. The first-order chi connectivity index (χ1) is 9.63. The van der Waals surface area contributed by atoms with E-state index in [1.54, 1.807) is 13.0 Å². The van der Waals surface area contributed by atoms with E-state index in [1.807, 2.05) is 22.2 Å². The molecule has 1 unspecified atom stereocenters. The zero-order valence-corrected chi connectivity index (χ0v) is 11.6. The molecule has 0 saturated heterocycles. The fraction of sp³-hybridized carbons (Fsp3) is 0.214. The fourth-order valence-corrected chi connectivity index (χ4v) is 2.61. The van der Waals surface area contributed by atoms with Crippen LogP contribution in [0.1, 0.15) is 24.3 Å². The number of ether oxygens (including phenoxy) is 1. The third kappa shape index (κ3) is 2.52. The highest BCUT2D eigenvalue weighted by molar-refractivity contribution is 7.15. The molecule has 0 aliphatic heterocycles. The van der Waals surface area contributed by atoms with Gasteiger partial charge in [-0.3, -0.25) is 4.40 Å². The Morgan fingerprint density at radius 1 is 1.50 bits per heavy atom. The molecule has 1 atom stereocenters. The lowest BCUT2D eigenvalue weighted by atomic mass is 10.1. The van der Waals surface area contributed by atoms with Crippen molar-refractivity contribution in [1.82, 2.24) is 9.38 Å². The van der Waals surface area contributed by atoms with Crippen molar-refractivity contribution in [2.75, 3.05) is 0 Å². The second-order valence-corrected chi connectivity index (χ2v) is 5.35. The number of benzene rings is 1. The first-order valence-electron chi connectivity index (χ1n) is 6.15. The van der Waals surface area contributed by atoms with Gasteiger partial charge in [-0.2, -0.15) is 0 Å². The van der Waals surface area contributed by atoms with E-state index in [2.05, 4.69) is 4.98 Å². The Hall–Kier alpha value is -1.92. The summed E-state index contributed by atoms with van der Waals surface area (Å²) in [7, 11) is 0. The van der Waals surface area contributed by atoms with Crippen molar-refractivity contribution in [3.63, 3.8) is 0 Å². The lowest BCUT2D eigenvalue weighted by molar-refractivity contribution is 0.198. The van der Waals surface area contributed by atoms with Gasteiger partial charge in [0.1, 0.15) is 6.61 Å². The van der Waals surface area contributed by atoms with Crippen molar-refractivity contribution in [2.24, 2.45) is 0 Å². The monoisotopic (exact) mass is 292 g/mol. The maximum Gasteiger partial charge on any atom is 0.193 e. The summed E-state index contributed by atoms with van der Waals surface area (Å²) in [4.78, 5) is 5.24. The van der Waals surface area contributed by atoms with Gasteiger partial charge in [-0.1, -0.05) is 6.07 Å². The number of rotatable bonds is 4. The number of hydrogen-bond donors (Lipinski definition) is 1. The van der Waals surface area contributed by atoms with Crippen LogP contribution in [0.5, 0.6) is 5.75 Å². The van der Waals surface area contributed by atoms with Gasteiger partial charge in [0.2, 0.25) is 0 Å². The SMILES string of the molecule is CC(O)c1ccc(OCc2cn3ccsc3n2)c(F)c1. The topological polar surface area (TPSA) is 46.8 Å². The summed E-state index contributed by atoms with van der Waals surface area (Å²) in [6.45, 7) is 1.80. The Balaban J connectivity index is 1.73. The van der Waals surface area contributed by atoms with Crippen molar-refractivity contribution < 1.29 is 14.2 Å². The summed E-state index contributed by atoms with van der Waals surface area (Å²) in [6.07, 6.45) is 3.07. The fourth-order valence-electron chi connectivity index (χ4n) is 1.89. The first kappa shape index (κ1) is 13.1. The van der Waals surface area contributed by atoms with Crippen LogP contribution < -0.4 is 4.74 Å². The number of aromatic nitrogens is 2. The molecule has 0 bridgehead atoms. The first-order valence-corrected chi connectivity index (χ1v) is 7.03. The van der Waals surface area contributed by atoms with Crippen LogP contribution in [0.2, 0.25) is 0 Å². The molecule has 4 nitrogen and oxygen atoms in total. The second kappa shape index (κ2) is 5.22. The molecule has 0 saturated carbocycles. The van der Waals surface area contributed by atoms with Gasteiger partial charge in [0, 0.05) is 17.8 Å². The van der Waals surface area contributed by atoms with E-state index < -0.39 is 11.9 Å². The van der Waals surface area contributed by atoms with Crippen molar-refractivity contribution >= 4 is 16.3 Å². The van der Waals surface area contributed by atoms with E-state index in [4.69, 9.17) is 4.74 Å². The summed E-state index contributed by atoms with van der Waals surface area (Å²) in [5, 5.41) is 11.3. The van der Waals surface area contributed by atoms with Crippen LogP contribution in [0.3, 0.4) is 0 Å². The summed E-state index contributed by atoms with van der Waals surface area (Å²) in [6, 6.07) is 4.45. The summed E-state index contributed by atoms with van der Waals surface area (Å²) >= 11 is 1.53. The standard InChI is InChI=1S/C14H13FN2O2S/c1-9(18)10-2-3-13(12(15)6-10)19-8-11-7-17-4-5-20-14(17)16-11/h2-7,9,18H,8H2,1H3. The molecule has 3 rings (SSSR count). The summed E-state index contributed by atoms with van der Waals surface area (Å²) in [5.41, 5.74) is 1.27. The third-order valence-electron chi connectivity index (χ3n) is 2.96. The second-order valence-electron chi connectivity index (χ2n) is 4.48. The van der Waals surface area contributed by atoms with E-state index in [-0.39, 0.29) is 12.4 Å². The Kier molecular flexibility index (Phi) is 3.42. The number of aliphatic hydroxyl groups is 1. The molecule has 1 aromatic carbocycles. The summed E-state index contributed by atoms with van der Waals surface area (Å²) < 4.78 is 21.1. The number of halogens is 1. The molecule has 0 aliphatic rings. The van der Waals surface area contributed by atoms with Crippen molar-refractivity contribution in [3.8, 4) is 5.75 Å². The third-order valence-corrected chi connectivity index (χ3v) is 3.73. The molecule has 0 aliphatic carbocycles.